The average molecular weight is 352 g/mol. The van der Waals surface area contributed by atoms with Crippen molar-refractivity contribution in [2.24, 2.45) is 5.73 Å². The Bertz CT molecular complexity index is 758. The highest BCUT2D eigenvalue weighted by molar-refractivity contribution is 5.99. The molecule has 0 saturated heterocycles. The van der Waals surface area contributed by atoms with E-state index in [0.29, 0.717) is 5.56 Å². The van der Waals surface area contributed by atoms with Crippen LogP contribution in [0.3, 0.4) is 0 Å². The summed E-state index contributed by atoms with van der Waals surface area (Å²) in [6, 6.07) is 11.8. The minimum Gasteiger partial charge on any atom is -0.484 e. The number of rotatable bonds is 6. The molecule has 5 nitrogen and oxygen atoms in total. The number of benzene rings is 2. The first-order valence-electron chi connectivity index (χ1n) is 7.21. The number of hydrogen-bond acceptors (Lipinski definition) is 3. The predicted octanol–water partition coefficient (Wildman–Crippen LogP) is 2.66. The fraction of sp³-hybridized carbons (Fsp3) is 0.176. The molecule has 2 rings (SSSR count). The number of carbonyl (C=O) groups is 2. The van der Waals surface area contributed by atoms with E-state index < -0.39 is 24.6 Å². The lowest BCUT2D eigenvalue weighted by Crippen LogP contribution is -2.23. The second-order valence-electron chi connectivity index (χ2n) is 5.18. The van der Waals surface area contributed by atoms with Gasteiger partial charge in [0.05, 0.1) is 0 Å². The van der Waals surface area contributed by atoms with Crippen LogP contribution in [0.1, 0.15) is 26.3 Å². The highest BCUT2D eigenvalue weighted by Gasteiger charge is 2.28. The first kappa shape index (κ1) is 18.3. The van der Waals surface area contributed by atoms with E-state index in [-0.39, 0.29) is 23.4 Å². The molecule has 0 spiro atoms. The normalized spacial score (nSPS) is 11.0. The second-order valence-corrected chi connectivity index (χ2v) is 5.18. The van der Waals surface area contributed by atoms with Gasteiger partial charge < -0.3 is 15.8 Å². The molecule has 0 saturated carbocycles. The number of ether oxygens (including phenoxy) is 1. The first-order valence-corrected chi connectivity index (χ1v) is 7.21. The molecule has 0 aliphatic rings. The molecule has 3 N–H and O–H groups in total. The molecule has 8 heteroatoms. The van der Waals surface area contributed by atoms with Gasteiger partial charge in [0.15, 0.2) is 6.61 Å². The molecule has 2 aromatic carbocycles. The summed E-state index contributed by atoms with van der Waals surface area (Å²) in [5.41, 5.74) is 6.34. The van der Waals surface area contributed by atoms with Crippen molar-refractivity contribution in [2.75, 3.05) is 6.61 Å². The maximum atomic E-state index is 12.1. The van der Waals surface area contributed by atoms with Gasteiger partial charge in [0.1, 0.15) is 5.75 Å². The Morgan fingerprint density at radius 2 is 1.68 bits per heavy atom. The van der Waals surface area contributed by atoms with Crippen molar-refractivity contribution in [3.8, 4) is 5.75 Å². The molecule has 0 atom stereocenters. The van der Waals surface area contributed by atoms with Crippen molar-refractivity contribution in [3.05, 3.63) is 65.2 Å². The highest BCUT2D eigenvalue weighted by atomic mass is 19.4. The van der Waals surface area contributed by atoms with Crippen LogP contribution in [0.2, 0.25) is 0 Å². The number of nitrogens with one attached hydrogen (secondary N) is 1. The molecule has 0 bridgehead atoms. The van der Waals surface area contributed by atoms with E-state index in [9.17, 15) is 22.8 Å². The molecule has 0 aliphatic carbocycles. The molecule has 25 heavy (non-hydrogen) atoms. The molecular formula is C17H15F3N2O3. The maximum Gasteiger partial charge on any atom is 0.422 e. The van der Waals surface area contributed by atoms with Gasteiger partial charge >= 0.3 is 6.18 Å². The molecule has 0 fully saturated rings. The molecule has 0 aromatic heterocycles. The Kier molecular flexibility index (Phi) is 5.63. The Morgan fingerprint density at radius 1 is 1.04 bits per heavy atom. The highest BCUT2D eigenvalue weighted by Crippen LogP contribution is 2.18. The van der Waals surface area contributed by atoms with E-state index in [2.05, 4.69) is 10.1 Å². The van der Waals surface area contributed by atoms with E-state index >= 15 is 0 Å². The van der Waals surface area contributed by atoms with Crippen LogP contribution in [0.25, 0.3) is 0 Å². The number of nitrogens with two attached hydrogens (primary N) is 1. The van der Waals surface area contributed by atoms with E-state index in [0.717, 1.165) is 0 Å². The quantitative estimate of drug-likeness (QED) is 0.839. The number of halogens is 3. The lowest BCUT2D eigenvalue weighted by atomic mass is 10.1. The summed E-state index contributed by atoms with van der Waals surface area (Å²) in [7, 11) is 0. The monoisotopic (exact) mass is 352 g/mol. The number of alkyl halides is 3. The summed E-state index contributed by atoms with van der Waals surface area (Å²) in [4.78, 5) is 23.2. The Labute approximate surface area is 141 Å². The zero-order valence-corrected chi connectivity index (χ0v) is 13.0. The van der Waals surface area contributed by atoms with Crippen LogP contribution < -0.4 is 15.8 Å². The van der Waals surface area contributed by atoms with Gasteiger partial charge in [-0.25, -0.2) is 0 Å². The van der Waals surface area contributed by atoms with Crippen molar-refractivity contribution in [1.82, 2.24) is 5.32 Å². The summed E-state index contributed by atoms with van der Waals surface area (Å²) >= 11 is 0. The Morgan fingerprint density at radius 3 is 2.28 bits per heavy atom. The summed E-state index contributed by atoms with van der Waals surface area (Å²) in [6.45, 7) is -1.20. The lowest BCUT2D eigenvalue weighted by Gasteiger charge is -2.10. The van der Waals surface area contributed by atoms with Gasteiger partial charge in [0, 0.05) is 17.7 Å². The van der Waals surface area contributed by atoms with Gasteiger partial charge in [-0.2, -0.15) is 13.2 Å². The summed E-state index contributed by atoms with van der Waals surface area (Å²) in [6.07, 6.45) is -4.40. The van der Waals surface area contributed by atoms with Crippen LogP contribution in [0, 0.1) is 0 Å². The lowest BCUT2D eigenvalue weighted by molar-refractivity contribution is -0.153. The minimum absolute atomic E-state index is 0.0848. The van der Waals surface area contributed by atoms with E-state index in [4.69, 9.17) is 5.73 Å². The van der Waals surface area contributed by atoms with Crippen LogP contribution >= 0.6 is 0 Å². The van der Waals surface area contributed by atoms with Crippen LogP contribution in [-0.2, 0) is 6.54 Å². The van der Waals surface area contributed by atoms with Crippen molar-refractivity contribution in [1.29, 1.82) is 0 Å². The third-order valence-corrected chi connectivity index (χ3v) is 3.19. The molecule has 0 aliphatic heterocycles. The predicted molar refractivity (Wildman–Crippen MR) is 84.1 cm³/mol. The molecule has 0 radical (unpaired) electrons. The molecule has 2 amide bonds. The Hall–Kier alpha value is -3.03. The summed E-state index contributed by atoms with van der Waals surface area (Å²) in [5.74, 6) is -0.953. The molecule has 0 heterocycles. The van der Waals surface area contributed by atoms with Gasteiger partial charge in [-0.1, -0.05) is 18.2 Å². The third kappa shape index (κ3) is 5.83. The van der Waals surface area contributed by atoms with Gasteiger partial charge in [-0.05, 0) is 35.9 Å². The zero-order valence-electron chi connectivity index (χ0n) is 13.0. The minimum atomic E-state index is -4.40. The SMILES string of the molecule is NC(=O)c1cccc(C(=O)NCc2ccc(OCC(F)(F)F)cc2)c1. The van der Waals surface area contributed by atoms with Crippen molar-refractivity contribution in [2.45, 2.75) is 12.7 Å². The van der Waals surface area contributed by atoms with Gasteiger partial charge in [-0.15, -0.1) is 0 Å². The van der Waals surface area contributed by atoms with E-state index in [1.165, 1.54) is 30.3 Å². The number of primary amides is 1. The number of carbonyl (C=O) groups excluding carboxylic acids is 2. The average Bonchev–Trinajstić information content (AvgIpc) is 2.58. The van der Waals surface area contributed by atoms with E-state index in [1.54, 1.807) is 18.2 Å². The molecule has 132 valence electrons. The van der Waals surface area contributed by atoms with Crippen molar-refractivity contribution >= 4 is 11.8 Å². The molecule has 0 unspecified atom stereocenters. The van der Waals surface area contributed by atoms with Crippen molar-refractivity contribution < 1.29 is 27.5 Å². The number of amides is 2. The molecular weight excluding hydrogens is 337 g/mol. The molecule has 2 aromatic rings. The summed E-state index contributed by atoms with van der Waals surface area (Å²) in [5, 5.41) is 2.65. The van der Waals surface area contributed by atoms with Gasteiger partial charge in [-0.3, -0.25) is 9.59 Å². The van der Waals surface area contributed by atoms with E-state index in [1.807, 2.05) is 0 Å². The van der Waals surface area contributed by atoms with Gasteiger partial charge in [0.2, 0.25) is 5.91 Å². The fourth-order valence-electron chi connectivity index (χ4n) is 1.97. The largest absolute Gasteiger partial charge is 0.484 e. The zero-order chi connectivity index (χ0) is 18.4. The summed E-state index contributed by atoms with van der Waals surface area (Å²) < 4.78 is 40.8. The van der Waals surface area contributed by atoms with Crippen LogP contribution in [0.4, 0.5) is 13.2 Å². The van der Waals surface area contributed by atoms with Crippen LogP contribution in [0.15, 0.2) is 48.5 Å². The van der Waals surface area contributed by atoms with Gasteiger partial charge in [0.25, 0.3) is 5.91 Å². The number of hydrogen-bond donors (Lipinski definition) is 2. The maximum absolute atomic E-state index is 12.1. The van der Waals surface area contributed by atoms with Crippen LogP contribution in [-0.4, -0.2) is 24.6 Å². The standard InChI is InChI=1S/C17H15F3N2O3/c18-17(19,20)10-25-14-6-4-11(5-7-14)9-22-16(24)13-3-1-2-12(8-13)15(21)23/h1-8H,9-10H2,(H2,21,23)(H,22,24). The second kappa shape index (κ2) is 7.69. The van der Waals surface area contributed by atoms with Crippen LogP contribution in [0.5, 0.6) is 5.75 Å². The topological polar surface area (TPSA) is 81.4 Å². The Balaban J connectivity index is 1.91. The van der Waals surface area contributed by atoms with Crippen molar-refractivity contribution in [3.63, 3.8) is 0 Å². The first-order chi connectivity index (χ1) is 11.7. The third-order valence-electron chi connectivity index (χ3n) is 3.19. The smallest absolute Gasteiger partial charge is 0.422 e. The fourth-order valence-corrected chi connectivity index (χ4v) is 1.97.